The number of pyridine rings is 1. The van der Waals surface area contributed by atoms with Gasteiger partial charge in [0.1, 0.15) is 23.5 Å². The van der Waals surface area contributed by atoms with Crippen molar-refractivity contribution in [1.29, 1.82) is 0 Å². The first-order valence-electron chi connectivity index (χ1n) is 15.8. The zero-order chi connectivity index (χ0) is 31.4. The predicted molar refractivity (Wildman–Crippen MR) is 190 cm³/mol. The van der Waals surface area contributed by atoms with E-state index >= 15 is 0 Å². The van der Waals surface area contributed by atoms with Gasteiger partial charge in [0.05, 0.1) is 51.6 Å². The van der Waals surface area contributed by atoms with Crippen molar-refractivity contribution < 1.29 is 46.5 Å². The number of benzene rings is 4. The van der Waals surface area contributed by atoms with E-state index in [-0.39, 0.29) is 32.7 Å². The fraction of sp³-hybridized carbons (Fsp3) is 0.256. The van der Waals surface area contributed by atoms with Crippen molar-refractivity contribution in [3.8, 4) is 11.4 Å². The summed E-state index contributed by atoms with van der Waals surface area (Å²) in [7, 11) is 8.56. The summed E-state index contributed by atoms with van der Waals surface area (Å²) in [5.74, 6) is 2.14. The van der Waals surface area contributed by atoms with Crippen molar-refractivity contribution in [2.45, 2.75) is 24.8 Å². The van der Waals surface area contributed by atoms with Crippen LogP contribution in [0.25, 0.3) is 22.7 Å². The Morgan fingerprint density at radius 2 is 1.63 bits per heavy atom. The molecule has 5 aromatic rings. The van der Waals surface area contributed by atoms with E-state index in [2.05, 4.69) is 152 Å². The van der Waals surface area contributed by atoms with E-state index in [0.717, 1.165) is 42.8 Å². The molecule has 46 heavy (non-hydrogen) atoms. The van der Waals surface area contributed by atoms with Crippen LogP contribution >= 0.6 is 11.8 Å². The van der Waals surface area contributed by atoms with Gasteiger partial charge in [-0.3, -0.25) is 4.90 Å². The third-order valence-electron chi connectivity index (χ3n) is 8.68. The van der Waals surface area contributed by atoms with Gasteiger partial charge in [0.25, 0.3) is 5.82 Å². The van der Waals surface area contributed by atoms with E-state index in [1.807, 2.05) is 17.8 Å². The SMILES string of the molecule is CCN(CCC[N+](C)(C)Cc1cccc(OC)c1)c1cc(C=C2Sc3ccccc3N2C)c2ccccc2[n+]1-c1ccccc1.[Y]. The Morgan fingerprint density at radius 3 is 2.39 bits per heavy atom. The molecule has 7 heteroatoms. The van der Waals surface area contributed by atoms with Crippen molar-refractivity contribution in [1.82, 2.24) is 0 Å². The van der Waals surface area contributed by atoms with Crippen LogP contribution in [0.15, 0.2) is 119 Å². The van der Waals surface area contributed by atoms with Crippen LogP contribution < -0.4 is 19.1 Å². The molecule has 0 spiro atoms. The van der Waals surface area contributed by atoms with Gasteiger partial charge in [0.2, 0.25) is 0 Å². The maximum atomic E-state index is 5.47. The van der Waals surface area contributed by atoms with Gasteiger partial charge in [-0.25, -0.2) is 0 Å². The summed E-state index contributed by atoms with van der Waals surface area (Å²) in [5, 5.41) is 2.49. The Balaban J connectivity index is 0.00000417. The number of fused-ring (bicyclic) bond motifs is 2. The summed E-state index contributed by atoms with van der Waals surface area (Å²) in [6.45, 7) is 6.20. The Hall–Kier alpha value is -3.16. The minimum Gasteiger partial charge on any atom is -0.497 e. The number of quaternary nitrogens is 1. The average Bonchev–Trinajstić information content (AvgIpc) is 3.37. The molecule has 0 bridgehead atoms. The number of aromatic nitrogens is 1. The summed E-state index contributed by atoms with van der Waals surface area (Å²) in [6, 6.07) is 39.1. The Labute approximate surface area is 304 Å². The fourth-order valence-electron chi connectivity index (χ4n) is 6.37. The van der Waals surface area contributed by atoms with Gasteiger partial charge < -0.3 is 14.1 Å². The third-order valence-corrected chi connectivity index (χ3v) is 9.84. The second-order valence-electron chi connectivity index (χ2n) is 12.4. The molecule has 1 aliphatic heterocycles. The van der Waals surface area contributed by atoms with Crippen LogP contribution in [0.5, 0.6) is 5.75 Å². The minimum absolute atomic E-state index is 0. The standard InChI is InChI=1S/C39H44N4OS.Y/c1-6-41(24-15-25-43(3,4)29-30-16-14-19-33(26-30)44-5)38-27-31(28-39-40(2)36-22-12-13-23-37(36)45-39)34-20-10-11-21-35(34)42(38)32-17-8-7-9-18-32;/h7-14,16-23,26-28H,6,15,24-25,29H2,1-5H3;/q+2;. The van der Waals surface area contributed by atoms with Crippen molar-refractivity contribution in [3.63, 3.8) is 0 Å². The van der Waals surface area contributed by atoms with E-state index in [0.29, 0.717) is 0 Å². The van der Waals surface area contributed by atoms with Crippen LogP contribution in [0.3, 0.4) is 0 Å². The first-order valence-corrected chi connectivity index (χ1v) is 16.6. The molecule has 1 aliphatic rings. The monoisotopic (exact) mass is 705 g/mol. The van der Waals surface area contributed by atoms with Gasteiger partial charge in [-0.05, 0) is 61.0 Å². The molecular formula is C39H44N4OSY+2. The number of hydrogen-bond acceptors (Lipinski definition) is 4. The number of nitrogens with zero attached hydrogens (tertiary/aromatic N) is 4. The summed E-state index contributed by atoms with van der Waals surface area (Å²) in [5.41, 5.74) is 6.19. The molecule has 2 heterocycles. The van der Waals surface area contributed by atoms with E-state index in [9.17, 15) is 0 Å². The summed E-state index contributed by atoms with van der Waals surface area (Å²) < 4.78 is 8.83. The molecule has 0 aliphatic carbocycles. The van der Waals surface area contributed by atoms with Gasteiger partial charge >= 0.3 is 0 Å². The first kappa shape index (κ1) is 34.2. The fourth-order valence-corrected chi connectivity index (χ4v) is 7.47. The largest absolute Gasteiger partial charge is 0.497 e. The maximum absolute atomic E-state index is 5.47. The number of para-hydroxylation sites is 3. The summed E-state index contributed by atoms with van der Waals surface area (Å²) in [4.78, 5) is 6.16. The second kappa shape index (κ2) is 15.2. The summed E-state index contributed by atoms with van der Waals surface area (Å²) in [6.07, 6.45) is 3.45. The van der Waals surface area contributed by atoms with Crippen LogP contribution in [-0.4, -0.2) is 52.4 Å². The van der Waals surface area contributed by atoms with Crippen LogP contribution in [0.1, 0.15) is 24.5 Å². The van der Waals surface area contributed by atoms with Gasteiger partial charge in [-0.15, -0.1) is 0 Å². The van der Waals surface area contributed by atoms with E-state index in [1.54, 1.807) is 7.11 Å². The maximum Gasteiger partial charge on any atom is 0.282 e. The number of methoxy groups -OCH3 is 1. The Bertz CT molecular complexity index is 1820. The zero-order valence-electron chi connectivity index (χ0n) is 27.7. The van der Waals surface area contributed by atoms with Crippen LogP contribution in [0.4, 0.5) is 11.5 Å². The molecule has 0 atom stereocenters. The van der Waals surface area contributed by atoms with Crippen molar-refractivity contribution >= 4 is 40.2 Å². The number of ether oxygens (including phenoxy) is 1. The van der Waals surface area contributed by atoms with Crippen molar-refractivity contribution in [2.24, 2.45) is 0 Å². The molecule has 0 saturated carbocycles. The third kappa shape index (κ3) is 7.52. The van der Waals surface area contributed by atoms with Crippen LogP contribution in [0.2, 0.25) is 0 Å². The topological polar surface area (TPSA) is 19.6 Å². The molecule has 0 amide bonds. The molecule has 0 N–H and O–H groups in total. The second-order valence-corrected chi connectivity index (χ2v) is 13.4. The predicted octanol–water partition coefficient (Wildman–Crippen LogP) is 8.16. The number of thioether (sulfide) groups is 1. The molecule has 0 fully saturated rings. The molecule has 6 rings (SSSR count). The molecule has 0 unspecified atom stereocenters. The van der Waals surface area contributed by atoms with Gasteiger partial charge in [-0.1, -0.05) is 72.4 Å². The van der Waals surface area contributed by atoms with Gasteiger partial charge in [-0.2, -0.15) is 4.57 Å². The van der Waals surface area contributed by atoms with Gasteiger partial charge in [0, 0.05) is 68.1 Å². The van der Waals surface area contributed by atoms with Gasteiger partial charge in [0.15, 0.2) is 0 Å². The normalized spacial score (nSPS) is 13.5. The number of rotatable bonds is 11. The molecular weight excluding hydrogens is 661 g/mol. The van der Waals surface area contributed by atoms with Crippen molar-refractivity contribution in [2.75, 3.05) is 57.7 Å². The molecule has 1 aromatic heterocycles. The smallest absolute Gasteiger partial charge is 0.282 e. The van der Waals surface area contributed by atoms with Crippen LogP contribution in [-0.2, 0) is 39.3 Å². The van der Waals surface area contributed by atoms with Crippen molar-refractivity contribution in [3.05, 3.63) is 125 Å². The molecule has 233 valence electrons. The molecule has 5 nitrogen and oxygen atoms in total. The average molecular weight is 706 g/mol. The van der Waals surface area contributed by atoms with E-state index in [4.69, 9.17) is 4.74 Å². The summed E-state index contributed by atoms with van der Waals surface area (Å²) >= 11 is 1.84. The number of hydrogen-bond donors (Lipinski definition) is 0. The first-order chi connectivity index (χ1) is 21.9. The molecule has 1 radical (unpaired) electrons. The Kier molecular flexibility index (Phi) is 11.3. The van der Waals surface area contributed by atoms with Crippen LogP contribution in [0, 0.1) is 0 Å². The number of anilines is 2. The quantitative estimate of drug-likeness (QED) is 0.102. The van der Waals surface area contributed by atoms with E-state index < -0.39 is 0 Å². The zero-order valence-corrected chi connectivity index (χ0v) is 31.3. The van der Waals surface area contributed by atoms with E-state index in [1.165, 1.54) is 49.1 Å². The molecule has 0 saturated heterocycles. The molecule has 4 aromatic carbocycles. The Morgan fingerprint density at radius 1 is 0.891 bits per heavy atom. The minimum atomic E-state index is 0.